The van der Waals surface area contributed by atoms with Crippen molar-refractivity contribution in [1.82, 2.24) is 10.2 Å². The Labute approximate surface area is 117 Å². The summed E-state index contributed by atoms with van der Waals surface area (Å²) < 4.78 is 0. The van der Waals surface area contributed by atoms with Crippen LogP contribution in [0, 0.1) is 5.92 Å². The summed E-state index contributed by atoms with van der Waals surface area (Å²) in [6.07, 6.45) is 7.45. The molecule has 1 aliphatic heterocycles. The van der Waals surface area contributed by atoms with Gasteiger partial charge >= 0.3 is 0 Å². The molecule has 1 saturated carbocycles. The smallest absolute Gasteiger partial charge is 0.221 e. The Morgan fingerprint density at radius 1 is 1.32 bits per heavy atom. The largest absolute Gasteiger partial charge is 0.355 e. The summed E-state index contributed by atoms with van der Waals surface area (Å²) in [7, 11) is 0. The van der Waals surface area contributed by atoms with Gasteiger partial charge < -0.3 is 16.0 Å². The molecule has 0 unspecified atom stereocenters. The Morgan fingerprint density at radius 3 is 2.58 bits per heavy atom. The highest BCUT2D eigenvalue weighted by molar-refractivity contribution is 5.77. The number of nitrogens with one attached hydrogen (secondary N) is 1. The molecule has 4 nitrogen and oxygen atoms in total. The fourth-order valence-electron chi connectivity index (χ4n) is 3.28. The molecule has 0 spiro atoms. The molecule has 2 rings (SSSR count). The standard InChI is InChI=1S/C15H29N3O/c1-13-4-9-18(10-5-13)11-8-17-14(19)12-15(16)6-2-3-7-15/h13H,2-12,16H2,1H3,(H,17,19). The molecular formula is C15H29N3O. The zero-order valence-electron chi connectivity index (χ0n) is 12.3. The van der Waals surface area contributed by atoms with Crippen molar-refractivity contribution >= 4 is 5.91 Å². The van der Waals surface area contributed by atoms with Gasteiger partial charge in [0.15, 0.2) is 0 Å². The van der Waals surface area contributed by atoms with Gasteiger partial charge in [0.2, 0.25) is 5.91 Å². The van der Waals surface area contributed by atoms with E-state index in [1.165, 1.54) is 38.8 Å². The van der Waals surface area contributed by atoms with E-state index in [0.29, 0.717) is 6.42 Å². The van der Waals surface area contributed by atoms with E-state index in [1.54, 1.807) is 0 Å². The molecular weight excluding hydrogens is 238 g/mol. The second-order valence-electron chi connectivity index (χ2n) is 6.62. The molecule has 3 N–H and O–H groups in total. The van der Waals surface area contributed by atoms with Crippen LogP contribution in [0.4, 0.5) is 0 Å². The minimum Gasteiger partial charge on any atom is -0.355 e. The second-order valence-corrected chi connectivity index (χ2v) is 6.62. The van der Waals surface area contributed by atoms with E-state index in [-0.39, 0.29) is 11.4 Å². The third kappa shape index (κ3) is 4.77. The van der Waals surface area contributed by atoms with E-state index in [9.17, 15) is 4.79 Å². The van der Waals surface area contributed by atoms with Gasteiger partial charge in [0.05, 0.1) is 0 Å². The number of carbonyl (C=O) groups is 1. The second kappa shape index (κ2) is 6.71. The van der Waals surface area contributed by atoms with Crippen molar-refractivity contribution in [3.8, 4) is 0 Å². The van der Waals surface area contributed by atoms with Crippen LogP contribution in [0.15, 0.2) is 0 Å². The number of rotatable bonds is 5. The Hall–Kier alpha value is -0.610. The fraction of sp³-hybridized carbons (Fsp3) is 0.933. The lowest BCUT2D eigenvalue weighted by Crippen LogP contribution is -2.44. The molecule has 2 fully saturated rings. The Balaban J connectivity index is 1.59. The molecule has 2 aliphatic rings. The number of amides is 1. The maximum absolute atomic E-state index is 11.9. The first-order chi connectivity index (χ1) is 9.07. The first-order valence-corrected chi connectivity index (χ1v) is 7.85. The van der Waals surface area contributed by atoms with E-state index in [2.05, 4.69) is 17.1 Å². The Kier molecular flexibility index (Phi) is 5.22. The number of piperidine rings is 1. The molecule has 0 bridgehead atoms. The maximum atomic E-state index is 11.9. The molecule has 0 atom stereocenters. The molecule has 1 amide bonds. The summed E-state index contributed by atoms with van der Waals surface area (Å²) in [6, 6.07) is 0. The van der Waals surface area contributed by atoms with Crippen molar-refractivity contribution in [2.75, 3.05) is 26.2 Å². The summed E-state index contributed by atoms with van der Waals surface area (Å²) in [5.41, 5.74) is 6.00. The lowest BCUT2D eigenvalue weighted by Gasteiger charge is -2.30. The average molecular weight is 267 g/mol. The average Bonchev–Trinajstić information content (AvgIpc) is 2.78. The minimum absolute atomic E-state index is 0.134. The third-order valence-corrected chi connectivity index (χ3v) is 4.74. The molecule has 1 heterocycles. The highest BCUT2D eigenvalue weighted by Gasteiger charge is 2.31. The Morgan fingerprint density at radius 2 is 1.95 bits per heavy atom. The monoisotopic (exact) mass is 267 g/mol. The van der Waals surface area contributed by atoms with Crippen LogP contribution in [0.25, 0.3) is 0 Å². The maximum Gasteiger partial charge on any atom is 0.221 e. The quantitative estimate of drug-likeness (QED) is 0.793. The predicted molar refractivity (Wildman–Crippen MR) is 77.9 cm³/mol. The summed E-state index contributed by atoms with van der Waals surface area (Å²) in [4.78, 5) is 14.3. The van der Waals surface area contributed by atoms with Gasteiger partial charge in [-0.25, -0.2) is 0 Å². The lowest BCUT2D eigenvalue weighted by atomic mass is 9.94. The molecule has 0 aromatic rings. The topological polar surface area (TPSA) is 58.4 Å². The number of nitrogens with two attached hydrogens (primary N) is 1. The van der Waals surface area contributed by atoms with Crippen molar-refractivity contribution < 1.29 is 4.79 Å². The zero-order valence-corrected chi connectivity index (χ0v) is 12.3. The van der Waals surface area contributed by atoms with Gasteiger partial charge in [-0.1, -0.05) is 19.8 Å². The van der Waals surface area contributed by atoms with Gasteiger partial charge in [-0.3, -0.25) is 4.79 Å². The van der Waals surface area contributed by atoms with E-state index >= 15 is 0 Å². The van der Waals surface area contributed by atoms with Crippen LogP contribution < -0.4 is 11.1 Å². The summed E-state index contributed by atoms with van der Waals surface area (Å²) >= 11 is 0. The van der Waals surface area contributed by atoms with Crippen molar-refractivity contribution in [2.24, 2.45) is 11.7 Å². The van der Waals surface area contributed by atoms with Crippen LogP contribution in [-0.2, 0) is 4.79 Å². The lowest BCUT2D eigenvalue weighted by molar-refractivity contribution is -0.122. The molecule has 0 radical (unpaired) electrons. The number of carbonyl (C=O) groups excluding carboxylic acids is 1. The highest BCUT2D eigenvalue weighted by Crippen LogP contribution is 2.29. The van der Waals surface area contributed by atoms with E-state index in [1.807, 2.05) is 0 Å². The zero-order chi connectivity index (χ0) is 13.7. The van der Waals surface area contributed by atoms with Gasteiger partial charge in [-0.2, -0.15) is 0 Å². The molecule has 0 aromatic heterocycles. The van der Waals surface area contributed by atoms with Crippen molar-refractivity contribution in [1.29, 1.82) is 0 Å². The van der Waals surface area contributed by atoms with Crippen molar-refractivity contribution in [3.63, 3.8) is 0 Å². The van der Waals surface area contributed by atoms with Gasteiger partial charge in [0.25, 0.3) is 0 Å². The minimum atomic E-state index is -0.218. The van der Waals surface area contributed by atoms with Gasteiger partial charge in [-0.05, 0) is 44.7 Å². The van der Waals surface area contributed by atoms with Gasteiger partial charge in [0.1, 0.15) is 0 Å². The van der Waals surface area contributed by atoms with E-state index in [4.69, 9.17) is 5.73 Å². The predicted octanol–water partition coefficient (Wildman–Crippen LogP) is 1.50. The van der Waals surface area contributed by atoms with Gasteiger partial charge in [-0.15, -0.1) is 0 Å². The van der Waals surface area contributed by atoms with Crippen LogP contribution in [-0.4, -0.2) is 42.5 Å². The molecule has 4 heteroatoms. The van der Waals surface area contributed by atoms with Crippen LogP contribution in [0.5, 0.6) is 0 Å². The number of nitrogens with zero attached hydrogens (tertiary/aromatic N) is 1. The van der Waals surface area contributed by atoms with Crippen molar-refractivity contribution in [3.05, 3.63) is 0 Å². The van der Waals surface area contributed by atoms with Crippen LogP contribution in [0.3, 0.4) is 0 Å². The van der Waals surface area contributed by atoms with E-state index < -0.39 is 0 Å². The normalized spacial score (nSPS) is 24.5. The SMILES string of the molecule is CC1CCN(CCNC(=O)CC2(N)CCCC2)CC1. The number of hydrogen-bond acceptors (Lipinski definition) is 3. The van der Waals surface area contributed by atoms with Crippen LogP contribution in [0.1, 0.15) is 51.9 Å². The number of hydrogen-bond donors (Lipinski definition) is 2. The molecule has 1 aliphatic carbocycles. The van der Waals surface area contributed by atoms with E-state index in [0.717, 1.165) is 31.8 Å². The van der Waals surface area contributed by atoms with Gasteiger partial charge in [0, 0.05) is 25.0 Å². The fourth-order valence-corrected chi connectivity index (χ4v) is 3.28. The first kappa shape index (κ1) is 14.8. The van der Waals surface area contributed by atoms with Crippen LogP contribution in [0.2, 0.25) is 0 Å². The highest BCUT2D eigenvalue weighted by atomic mass is 16.1. The molecule has 110 valence electrons. The van der Waals surface area contributed by atoms with Crippen LogP contribution >= 0.6 is 0 Å². The molecule has 19 heavy (non-hydrogen) atoms. The number of likely N-dealkylation sites (tertiary alicyclic amines) is 1. The third-order valence-electron chi connectivity index (χ3n) is 4.74. The van der Waals surface area contributed by atoms with Crippen molar-refractivity contribution in [2.45, 2.75) is 57.4 Å². The summed E-state index contributed by atoms with van der Waals surface area (Å²) in [5.74, 6) is 1.00. The molecule has 0 aromatic carbocycles. The molecule has 1 saturated heterocycles. The Bertz CT molecular complexity index is 292. The summed E-state index contributed by atoms with van der Waals surface area (Å²) in [5, 5.41) is 3.03. The summed E-state index contributed by atoms with van der Waals surface area (Å²) in [6.45, 7) is 6.43. The first-order valence-electron chi connectivity index (χ1n) is 7.85.